The molecule has 1 atom stereocenters. The minimum Gasteiger partial charge on any atom is -0.466 e. The fraction of sp³-hybridized carbons (Fsp3) is 0.500. The number of rotatable bonds is 3. The van der Waals surface area contributed by atoms with Crippen LogP contribution in [0.4, 0.5) is 5.69 Å². The van der Waals surface area contributed by atoms with Gasteiger partial charge in [-0.15, -0.1) is 0 Å². The van der Waals surface area contributed by atoms with Crippen molar-refractivity contribution in [3.8, 4) is 5.75 Å². The Balaban J connectivity index is 1.70. The number of hydrogen-bond donors (Lipinski definition) is 2. The van der Waals surface area contributed by atoms with Gasteiger partial charge in [0.1, 0.15) is 5.75 Å². The Bertz CT molecular complexity index is 566. The molecule has 2 N–H and O–H groups in total. The molecule has 0 bridgehead atoms. The Morgan fingerprint density at radius 3 is 2.86 bits per heavy atom. The minimum absolute atomic E-state index is 0.374. The molecule has 5 heteroatoms. The Morgan fingerprint density at radius 2 is 2.10 bits per heavy atom. The summed E-state index contributed by atoms with van der Waals surface area (Å²) >= 11 is 0. The first-order valence-electron chi connectivity index (χ1n) is 7.47. The van der Waals surface area contributed by atoms with E-state index >= 15 is 0 Å². The molecule has 1 aliphatic heterocycles. The third kappa shape index (κ3) is 2.60. The zero-order valence-corrected chi connectivity index (χ0v) is 12.1. The highest BCUT2D eigenvalue weighted by molar-refractivity contribution is 6.15. The van der Waals surface area contributed by atoms with E-state index in [4.69, 9.17) is 4.74 Å². The highest BCUT2D eigenvalue weighted by atomic mass is 16.5. The number of para-hydroxylation sites is 2. The molecule has 2 aliphatic rings. The molecule has 3 rings (SSSR count). The van der Waals surface area contributed by atoms with Gasteiger partial charge in [0.2, 0.25) is 0 Å². The lowest BCUT2D eigenvalue weighted by atomic mass is 10.0. The maximum absolute atomic E-state index is 12.4. The van der Waals surface area contributed by atoms with Crippen molar-refractivity contribution in [1.29, 1.82) is 0 Å². The van der Waals surface area contributed by atoms with Gasteiger partial charge >= 0.3 is 0 Å². The zero-order valence-electron chi connectivity index (χ0n) is 12.1. The van der Waals surface area contributed by atoms with E-state index in [2.05, 4.69) is 10.6 Å². The SMILES string of the molecule is CC1(C(=O)NCC2CCCC2)Oc2ccccc2NC1=O. The van der Waals surface area contributed by atoms with Crippen LogP contribution in [0.3, 0.4) is 0 Å². The second-order valence-electron chi connectivity index (χ2n) is 5.95. The highest BCUT2D eigenvalue weighted by Gasteiger charge is 2.47. The van der Waals surface area contributed by atoms with E-state index in [-0.39, 0.29) is 5.91 Å². The largest absolute Gasteiger partial charge is 0.466 e. The molecule has 21 heavy (non-hydrogen) atoms. The number of hydrogen-bond acceptors (Lipinski definition) is 3. The van der Waals surface area contributed by atoms with Crippen LogP contribution in [0.5, 0.6) is 5.75 Å². The second kappa shape index (κ2) is 5.39. The Kier molecular flexibility index (Phi) is 3.57. The summed E-state index contributed by atoms with van der Waals surface area (Å²) in [5, 5.41) is 5.61. The Morgan fingerprint density at radius 1 is 1.38 bits per heavy atom. The number of ether oxygens (including phenoxy) is 1. The summed E-state index contributed by atoms with van der Waals surface area (Å²) in [6.45, 7) is 2.13. The summed E-state index contributed by atoms with van der Waals surface area (Å²) in [4.78, 5) is 24.6. The molecule has 2 amide bonds. The first-order valence-corrected chi connectivity index (χ1v) is 7.47. The maximum Gasteiger partial charge on any atom is 0.278 e. The smallest absolute Gasteiger partial charge is 0.278 e. The zero-order chi connectivity index (χ0) is 14.9. The van der Waals surface area contributed by atoms with E-state index in [1.807, 2.05) is 12.1 Å². The minimum atomic E-state index is -1.51. The predicted octanol–water partition coefficient (Wildman–Crippen LogP) is 2.08. The molecule has 1 saturated carbocycles. The van der Waals surface area contributed by atoms with Crippen molar-refractivity contribution in [3.05, 3.63) is 24.3 Å². The molecular weight excluding hydrogens is 268 g/mol. The normalized spacial score (nSPS) is 24.9. The van der Waals surface area contributed by atoms with Crippen LogP contribution in [-0.2, 0) is 9.59 Å². The van der Waals surface area contributed by atoms with Crippen molar-refractivity contribution < 1.29 is 14.3 Å². The van der Waals surface area contributed by atoms with E-state index in [9.17, 15) is 9.59 Å². The first-order chi connectivity index (χ1) is 10.1. The van der Waals surface area contributed by atoms with Crippen molar-refractivity contribution in [2.75, 3.05) is 11.9 Å². The van der Waals surface area contributed by atoms with Crippen molar-refractivity contribution in [2.24, 2.45) is 5.92 Å². The van der Waals surface area contributed by atoms with Crippen LogP contribution >= 0.6 is 0 Å². The number of carbonyl (C=O) groups excluding carboxylic acids is 2. The van der Waals surface area contributed by atoms with Crippen molar-refractivity contribution in [2.45, 2.75) is 38.2 Å². The molecular formula is C16H20N2O3. The molecule has 5 nitrogen and oxygen atoms in total. The van der Waals surface area contributed by atoms with Gasteiger partial charge in [-0.3, -0.25) is 9.59 Å². The molecule has 1 heterocycles. The lowest BCUT2D eigenvalue weighted by molar-refractivity contribution is -0.146. The summed E-state index contributed by atoms with van der Waals surface area (Å²) in [6, 6.07) is 7.12. The lowest BCUT2D eigenvalue weighted by Gasteiger charge is -2.33. The summed E-state index contributed by atoms with van der Waals surface area (Å²) in [6.07, 6.45) is 4.74. The molecule has 0 saturated heterocycles. The summed E-state index contributed by atoms with van der Waals surface area (Å²) in [5.41, 5.74) is -0.906. The second-order valence-corrected chi connectivity index (χ2v) is 5.95. The highest BCUT2D eigenvalue weighted by Crippen LogP contribution is 2.33. The van der Waals surface area contributed by atoms with E-state index in [1.54, 1.807) is 12.1 Å². The molecule has 1 aromatic rings. The average Bonchev–Trinajstić information content (AvgIpc) is 2.99. The van der Waals surface area contributed by atoms with Crippen LogP contribution in [0.15, 0.2) is 24.3 Å². The van der Waals surface area contributed by atoms with Crippen LogP contribution in [0.1, 0.15) is 32.6 Å². The van der Waals surface area contributed by atoms with Crippen LogP contribution in [0.25, 0.3) is 0 Å². The van der Waals surface area contributed by atoms with Gasteiger partial charge in [0.15, 0.2) is 0 Å². The summed E-state index contributed by atoms with van der Waals surface area (Å²) in [5.74, 6) is 0.249. The molecule has 1 fully saturated rings. The maximum atomic E-state index is 12.4. The van der Waals surface area contributed by atoms with E-state index in [0.717, 1.165) is 12.8 Å². The molecule has 1 aromatic carbocycles. The van der Waals surface area contributed by atoms with Gasteiger partial charge in [0.25, 0.3) is 17.4 Å². The molecule has 0 radical (unpaired) electrons. The molecule has 0 spiro atoms. The third-order valence-electron chi connectivity index (χ3n) is 4.34. The lowest BCUT2D eigenvalue weighted by Crippen LogP contribution is -2.59. The molecule has 0 aromatic heterocycles. The quantitative estimate of drug-likeness (QED) is 0.837. The molecule has 1 aliphatic carbocycles. The van der Waals surface area contributed by atoms with Crippen molar-refractivity contribution >= 4 is 17.5 Å². The van der Waals surface area contributed by atoms with Crippen molar-refractivity contribution in [1.82, 2.24) is 5.32 Å². The van der Waals surface area contributed by atoms with Gasteiger partial charge in [-0.25, -0.2) is 0 Å². The van der Waals surface area contributed by atoms with Gasteiger partial charge in [0, 0.05) is 6.54 Å². The fourth-order valence-corrected chi connectivity index (χ4v) is 2.94. The summed E-state index contributed by atoms with van der Waals surface area (Å²) < 4.78 is 5.68. The number of amides is 2. The van der Waals surface area contributed by atoms with Gasteiger partial charge in [-0.1, -0.05) is 25.0 Å². The molecule has 112 valence electrons. The summed E-state index contributed by atoms with van der Waals surface area (Å²) in [7, 11) is 0. The van der Waals surface area contributed by atoms with Crippen LogP contribution in [0.2, 0.25) is 0 Å². The van der Waals surface area contributed by atoms with E-state index in [1.165, 1.54) is 19.8 Å². The van der Waals surface area contributed by atoms with Gasteiger partial charge in [-0.05, 0) is 37.8 Å². The van der Waals surface area contributed by atoms with E-state index < -0.39 is 11.5 Å². The Hall–Kier alpha value is -2.04. The number of anilines is 1. The number of nitrogens with one attached hydrogen (secondary N) is 2. The van der Waals surface area contributed by atoms with Crippen molar-refractivity contribution in [3.63, 3.8) is 0 Å². The topological polar surface area (TPSA) is 67.4 Å². The van der Waals surface area contributed by atoms with E-state index in [0.29, 0.717) is 23.9 Å². The standard InChI is InChI=1S/C16H20N2O3/c1-16(14(19)17-10-11-6-2-3-7-11)15(20)18-12-8-4-5-9-13(12)21-16/h4-5,8-9,11H,2-3,6-7,10H2,1H3,(H,17,19)(H,18,20). The van der Waals surface area contributed by atoms with Gasteiger partial charge in [0.05, 0.1) is 5.69 Å². The number of benzene rings is 1. The third-order valence-corrected chi connectivity index (χ3v) is 4.34. The fourth-order valence-electron chi connectivity index (χ4n) is 2.94. The predicted molar refractivity (Wildman–Crippen MR) is 79.1 cm³/mol. The Labute approximate surface area is 124 Å². The van der Waals surface area contributed by atoms with Crippen LogP contribution < -0.4 is 15.4 Å². The first kappa shape index (κ1) is 13.9. The number of fused-ring (bicyclic) bond motifs is 1. The van der Waals surface area contributed by atoms with Crippen LogP contribution in [0, 0.1) is 5.92 Å². The van der Waals surface area contributed by atoms with Gasteiger partial charge in [-0.2, -0.15) is 0 Å². The number of carbonyl (C=O) groups is 2. The molecule has 1 unspecified atom stereocenters. The van der Waals surface area contributed by atoms with Crippen LogP contribution in [-0.4, -0.2) is 24.0 Å². The average molecular weight is 288 g/mol. The monoisotopic (exact) mass is 288 g/mol. The van der Waals surface area contributed by atoms with Gasteiger partial charge < -0.3 is 15.4 Å².